The molecule has 0 bridgehead atoms. The zero-order valence-electron chi connectivity index (χ0n) is 13.4. The van der Waals surface area contributed by atoms with Crippen LogP contribution in [0.4, 0.5) is 5.69 Å². The highest BCUT2D eigenvalue weighted by atomic mass is 16.7. The van der Waals surface area contributed by atoms with Gasteiger partial charge >= 0.3 is 0 Å². The monoisotopic (exact) mass is 311 g/mol. The Morgan fingerprint density at radius 2 is 1.57 bits per heavy atom. The standard InChI is InChI=1S/C19H21NO3/c1-3-22-19(23-4-2)17-15-12-8-9-13-16(15)18(21)20(17)14-10-6-5-7-11-14/h5-13,17,19H,3-4H2,1-2H3. The Bertz CT molecular complexity index is 665. The fourth-order valence-corrected chi connectivity index (χ4v) is 3.04. The van der Waals surface area contributed by atoms with E-state index in [-0.39, 0.29) is 11.9 Å². The third kappa shape index (κ3) is 2.87. The van der Waals surface area contributed by atoms with Gasteiger partial charge in [-0.25, -0.2) is 0 Å². The van der Waals surface area contributed by atoms with Gasteiger partial charge in [0.1, 0.15) is 6.04 Å². The number of fused-ring (bicyclic) bond motifs is 1. The van der Waals surface area contributed by atoms with Crippen molar-refractivity contribution in [2.24, 2.45) is 0 Å². The molecule has 0 aliphatic carbocycles. The molecule has 4 heteroatoms. The summed E-state index contributed by atoms with van der Waals surface area (Å²) in [7, 11) is 0. The molecule has 0 spiro atoms. The molecule has 3 rings (SSSR count). The largest absolute Gasteiger partial charge is 0.350 e. The van der Waals surface area contributed by atoms with E-state index in [4.69, 9.17) is 9.47 Å². The Hall–Kier alpha value is -2.17. The second-order valence-electron chi connectivity index (χ2n) is 5.32. The summed E-state index contributed by atoms with van der Waals surface area (Å²) >= 11 is 0. The molecule has 120 valence electrons. The van der Waals surface area contributed by atoms with Gasteiger partial charge in [0.05, 0.1) is 0 Å². The van der Waals surface area contributed by atoms with Crippen molar-refractivity contribution in [3.8, 4) is 0 Å². The number of anilines is 1. The van der Waals surface area contributed by atoms with Crippen LogP contribution in [0.1, 0.15) is 35.8 Å². The third-order valence-electron chi connectivity index (χ3n) is 3.96. The Balaban J connectivity index is 2.08. The van der Waals surface area contributed by atoms with Crippen molar-refractivity contribution in [1.82, 2.24) is 0 Å². The number of rotatable bonds is 6. The van der Waals surface area contributed by atoms with Crippen LogP contribution in [0.25, 0.3) is 0 Å². The predicted molar refractivity (Wildman–Crippen MR) is 89.5 cm³/mol. The smallest absolute Gasteiger partial charge is 0.259 e. The molecule has 2 aromatic rings. The molecule has 1 heterocycles. The predicted octanol–water partition coefficient (Wildman–Crippen LogP) is 3.79. The highest BCUT2D eigenvalue weighted by Gasteiger charge is 2.42. The van der Waals surface area contributed by atoms with Gasteiger partial charge in [-0.15, -0.1) is 0 Å². The zero-order chi connectivity index (χ0) is 16.2. The molecule has 0 saturated carbocycles. The number of hydrogen-bond acceptors (Lipinski definition) is 3. The first-order chi connectivity index (χ1) is 11.3. The van der Waals surface area contributed by atoms with Gasteiger partial charge in [0.25, 0.3) is 5.91 Å². The molecule has 2 aromatic carbocycles. The summed E-state index contributed by atoms with van der Waals surface area (Å²) < 4.78 is 11.6. The minimum Gasteiger partial charge on any atom is -0.350 e. The Morgan fingerprint density at radius 3 is 2.22 bits per heavy atom. The second-order valence-corrected chi connectivity index (χ2v) is 5.32. The Labute approximate surface area is 136 Å². The van der Waals surface area contributed by atoms with E-state index in [1.807, 2.05) is 68.4 Å². The molecule has 0 radical (unpaired) electrons. The van der Waals surface area contributed by atoms with Gasteiger partial charge in [0, 0.05) is 24.5 Å². The van der Waals surface area contributed by atoms with Crippen LogP contribution in [-0.4, -0.2) is 25.4 Å². The average Bonchev–Trinajstić information content (AvgIpc) is 2.89. The summed E-state index contributed by atoms with van der Waals surface area (Å²) in [5.41, 5.74) is 2.52. The quantitative estimate of drug-likeness (QED) is 0.762. The molecule has 0 saturated heterocycles. The summed E-state index contributed by atoms with van der Waals surface area (Å²) in [4.78, 5) is 14.7. The van der Waals surface area contributed by atoms with Gasteiger partial charge in [0.2, 0.25) is 0 Å². The van der Waals surface area contributed by atoms with E-state index >= 15 is 0 Å². The molecule has 1 unspecified atom stereocenters. The van der Waals surface area contributed by atoms with Gasteiger partial charge in [-0.2, -0.15) is 0 Å². The van der Waals surface area contributed by atoms with E-state index in [0.717, 1.165) is 11.3 Å². The highest BCUT2D eigenvalue weighted by Crippen LogP contribution is 2.40. The lowest BCUT2D eigenvalue weighted by molar-refractivity contribution is -0.148. The lowest BCUT2D eigenvalue weighted by atomic mass is 10.0. The lowest BCUT2D eigenvalue weighted by Crippen LogP contribution is -2.38. The molecule has 0 aromatic heterocycles. The third-order valence-corrected chi connectivity index (χ3v) is 3.96. The molecule has 23 heavy (non-hydrogen) atoms. The van der Waals surface area contributed by atoms with Crippen LogP contribution in [0, 0.1) is 0 Å². The summed E-state index contributed by atoms with van der Waals surface area (Å²) in [5, 5.41) is 0. The van der Waals surface area contributed by atoms with E-state index in [2.05, 4.69) is 0 Å². The molecule has 1 aliphatic rings. The number of ether oxygens (including phenoxy) is 2. The number of amides is 1. The van der Waals surface area contributed by atoms with Crippen molar-refractivity contribution in [2.45, 2.75) is 26.2 Å². The first-order valence-electron chi connectivity index (χ1n) is 7.98. The molecule has 0 fully saturated rings. The normalized spacial score (nSPS) is 16.9. The SMILES string of the molecule is CCOC(OCC)C1c2ccccc2C(=O)N1c1ccccc1. The number of para-hydroxylation sites is 1. The molecule has 4 nitrogen and oxygen atoms in total. The molecule has 1 amide bonds. The topological polar surface area (TPSA) is 38.8 Å². The van der Waals surface area contributed by atoms with Crippen LogP contribution in [-0.2, 0) is 9.47 Å². The first kappa shape index (κ1) is 15.7. The van der Waals surface area contributed by atoms with Gasteiger partial charge in [0.15, 0.2) is 6.29 Å². The van der Waals surface area contributed by atoms with Crippen LogP contribution >= 0.6 is 0 Å². The van der Waals surface area contributed by atoms with E-state index in [0.29, 0.717) is 18.8 Å². The Morgan fingerprint density at radius 1 is 0.957 bits per heavy atom. The summed E-state index contributed by atoms with van der Waals surface area (Å²) in [6.45, 7) is 4.92. The first-order valence-corrected chi connectivity index (χ1v) is 7.98. The Kier molecular flexibility index (Phi) is 4.74. The maximum absolute atomic E-state index is 12.9. The maximum atomic E-state index is 12.9. The summed E-state index contributed by atoms with van der Waals surface area (Å²) in [6, 6.07) is 17.1. The van der Waals surface area contributed by atoms with Crippen molar-refractivity contribution in [3.63, 3.8) is 0 Å². The minimum absolute atomic E-state index is 0.0128. The fraction of sp³-hybridized carbons (Fsp3) is 0.316. The van der Waals surface area contributed by atoms with Gasteiger partial charge in [-0.1, -0.05) is 36.4 Å². The highest BCUT2D eigenvalue weighted by molar-refractivity contribution is 6.11. The number of nitrogens with zero attached hydrogens (tertiary/aromatic N) is 1. The average molecular weight is 311 g/mol. The molecular weight excluding hydrogens is 290 g/mol. The fourth-order valence-electron chi connectivity index (χ4n) is 3.04. The van der Waals surface area contributed by atoms with E-state index in [9.17, 15) is 4.79 Å². The summed E-state index contributed by atoms with van der Waals surface area (Å²) in [6.07, 6.45) is -0.488. The molecular formula is C19H21NO3. The number of carbonyl (C=O) groups is 1. The number of benzene rings is 2. The maximum Gasteiger partial charge on any atom is 0.259 e. The van der Waals surface area contributed by atoms with Crippen LogP contribution < -0.4 is 4.90 Å². The van der Waals surface area contributed by atoms with E-state index in [1.54, 1.807) is 4.90 Å². The minimum atomic E-state index is -0.488. The van der Waals surface area contributed by atoms with Crippen molar-refractivity contribution < 1.29 is 14.3 Å². The molecule has 1 atom stereocenters. The van der Waals surface area contributed by atoms with E-state index < -0.39 is 6.29 Å². The second kappa shape index (κ2) is 6.94. The zero-order valence-corrected chi connectivity index (χ0v) is 13.4. The van der Waals surface area contributed by atoms with Crippen LogP contribution in [0.3, 0.4) is 0 Å². The van der Waals surface area contributed by atoms with Gasteiger partial charge in [-0.3, -0.25) is 9.69 Å². The van der Waals surface area contributed by atoms with Crippen molar-refractivity contribution in [3.05, 3.63) is 65.7 Å². The molecule has 0 N–H and O–H groups in total. The number of hydrogen-bond donors (Lipinski definition) is 0. The van der Waals surface area contributed by atoms with Gasteiger partial charge < -0.3 is 9.47 Å². The lowest BCUT2D eigenvalue weighted by Gasteiger charge is -2.31. The van der Waals surface area contributed by atoms with Crippen LogP contribution in [0.5, 0.6) is 0 Å². The van der Waals surface area contributed by atoms with Crippen LogP contribution in [0.15, 0.2) is 54.6 Å². The molecule has 1 aliphatic heterocycles. The number of carbonyl (C=O) groups excluding carboxylic acids is 1. The van der Waals surface area contributed by atoms with Crippen molar-refractivity contribution in [1.29, 1.82) is 0 Å². The van der Waals surface area contributed by atoms with Crippen molar-refractivity contribution in [2.75, 3.05) is 18.1 Å². The summed E-state index contributed by atoms with van der Waals surface area (Å²) in [5.74, 6) is -0.0128. The van der Waals surface area contributed by atoms with Crippen molar-refractivity contribution >= 4 is 11.6 Å². The van der Waals surface area contributed by atoms with Gasteiger partial charge in [-0.05, 0) is 37.6 Å². The van der Waals surface area contributed by atoms with Crippen LogP contribution in [0.2, 0.25) is 0 Å². The van der Waals surface area contributed by atoms with E-state index in [1.165, 1.54) is 0 Å².